The van der Waals surface area contributed by atoms with Gasteiger partial charge in [0.25, 0.3) is 5.91 Å². The van der Waals surface area contributed by atoms with Crippen molar-refractivity contribution in [3.8, 4) is 0 Å². The normalized spacial score (nSPS) is 20.2. The molecule has 8 heteroatoms. The third kappa shape index (κ3) is 5.53. The maximum atomic E-state index is 12.7. The molecule has 2 fully saturated rings. The van der Waals surface area contributed by atoms with E-state index in [0.29, 0.717) is 23.6 Å². The maximum absolute atomic E-state index is 12.7. The number of aromatic nitrogens is 2. The van der Waals surface area contributed by atoms with Crippen LogP contribution in [0.5, 0.6) is 0 Å². The number of carbonyl (C=O) groups excluding carboxylic acids is 1. The summed E-state index contributed by atoms with van der Waals surface area (Å²) in [6.07, 6.45) is 4.67. The van der Waals surface area contributed by atoms with Crippen molar-refractivity contribution >= 4 is 23.5 Å². The molecule has 1 atom stereocenters. The summed E-state index contributed by atoms with van der Waals surface area (Å²) in [7, 11) is 2.18. The molecule has 0 bridgehead atoms. The van der Waals surface area contributed by atoms with E-state index in [0.717, 1.165) is 58.5 Å². The van der Waals surface area contributed by atoms with Gasteiger partial charge in [-0.3, -0.25) is 9.69 Å². The van der Waals surface area contributed by atoms with Crippen molar-refractivity contribution in [1.29, 1.82) is 0 Å². The van der Waals surface area contributed by atoms with E-state index in [4.69, 9.17) is 11.6 Å². The number of amides is 1. The molecule has 1 aromatic heterocycles. The third-order valence-corrected chi connectivity index (χ3v) is 6.40. The second-order valence-corrected chi connectivity index (χ2v) is 8.80. The van der Waals surface area contributed by atoms with Crippen LogP contribution in [0.15, 0.2) is 36.5 Å². The molecular formula is C23H31ClN6O. The Kier molecular flexibility index (Phi) is 7.37. The first-order valence-electron chi connectivity index (χ1n) is 11.1. The first-order valence-corrected chi connectivity index (χ1v) is 11.5. The standard InChI is InChI=1S/C23H31ClN6O/c1-28-14-15-29(20(17-28)18-8-3-2-4-9-18)13-7-10-25-22(31)21-19(24)16-26-23(27-21)30-11-5-6-12-30/h2-4,8-9,16,20H,5-7,10-15,17H2,1H3,(H,25,31)/t20-/m0/s1. The molecule has 0 aliphatic carbocycles. The molecular weight excluding hydrogens is 412 g/mol. The number of rotatable bonds is 7. The van der Waals surface area contributed by atoms with E-state index in [1.165, 1.54) is 11.8 Å². The predicted octanol–water partition coefficient (Wildman–Crippen LogP) is 2.84. The third-order valence-electron chi connectivity index (χ3n) is 6.12. The molecule has 2 saturated heterocycles. The van der Waals surface area contributed by atoms with Gasteiger partial charge in [0.05, 0.1) is 11.2 Å². The van der Waals surface area contributed by atoms with Gasteiger partial charge >= 0.3 is 0 Å². The number of nitrogens with zero attached hydrogens (tertiary/aromatic N) is 5. The average molecular weight is 443 g/mol. The highest BCUT2D eigenvalue weighted by atomic mass is 35.5. The summed E-state index contributed by atoms with van der Waals surface area (Å²) < 4.78 is 0. The molecule has 2 aliphatic rings. The first-order chi connectivity index (χ1) is 15.1. The Morgan fingerprint density at radius 1 is 1.16 bits per heavy atom. The van der Waals surface area contributed by atoms with E-state index in [1.54, 1.807) is 0 Å². The van der Waals surface area contributed by atoms with E-state index < -0.39 is 0 Å². The Morgan fingerprint density at radius 2 is 1.94 bits per heavy atom. The molecule has 3 heterocycles. The minimum Gasteiger partial charge on any atom is -0.351 e. The summed E-state index contributed by atoms with van der Waals surface area (Å²) in [4.78, 5) is 28.4. The number of carbonyl (C=O) groups is 1. The SMILES string of the molecule is CN1CCN(CCCNC(=O)c2nc(N3CCCC3)ncc2Cl)[C@H](c2ccccc2)C1. The van der Waals surface area contributed by atoms with E-state index in [1.807, 2.05) is 0 Å². The van der Waals surface area contributed by atoms with Crippen molar-refractivity contribution in [3.05, 3.63) is 52.8 Å². The Bertz CT molecular complexity index is 874. The monoisotopic (exact) mass is 442 g/mol. The number of hydrogen-bond acceptors (Lipinski definition) is 6. The summed E-state index contributed by atoms with van der Waals surface area (Å²) in [6, 6.07) is 11.0. The van der Waals surface area contributed by atoms with Gasteiger partial charge in [-0.2, -0.15) is 0 Å². The fourth-order valence-electron chi connectivity index (χ4n) is 4.37. The number of halogens is 1. The number of anilines is 1. The lowest BCUT2D eigenvalue weighted by Crippen LogP contribution is -2.47. The lowest BCUT2D eigenvalue weighted by atomic mass is 10.0. The number of hydrogen-bond donors (Lipinski definition) is 1. The zero-order valence-electron chi connectivity index (χ0n) is 18.1. The van der Waals surface area contributed by atoms with Gasteiger partial charge in [0.2, 0.25) is 5.95 Å². The summed E-state index contributed by atoms with van der Waals surface area (Å²) >= 11 is 6.22. The molecule has 0 spiro atoms. The van der Waals surface area contributed by atoms with Crippen LogP contribution >= 0.6 is 11.6 Å². The van der Waals surface area contributed by atoms with Crippen LogP contribution in [0.2, 0.25) is 5.02 Å². The minimum absolute atomic E-state index is 0.231. The predicted molar refractivity (Wildman–Crippen MR) is 124 cm³/mol. The summed E-state index contributed by atoms with van der Waals surface area (Å²) in [5.74, 6) is 0.362. The molecule has 31 heavy (non-hydrogen) atoms. The second-order valence-electron chi connectivity index (χ2n) is 8.39. The van der Waals surface area contributed by atoms with Crippen LogP contribution in [-0.4, -0.2) is 78.5 Å². The first kappa shape index (κ1) is 22.0. The van der Waals surface area contributed by atoms with Crippen molar-refractivity contribution in [2.24, 2.45) is 0 Å². The van der Waals surface area contributed by atoms with Crippen LogP contribution in [0.25, 0.3) is 0 Å². The number of benzene rings is 1. The molecule has 1 aromatic carbocycles. The smallest absolute Gasteiger partial charge is 0.271 e. The van der Waals surface area contributed by atoms with Gasteiger partial charge < -0.3 is 15.1 Å². The molecule has 166 valence electrons. The Labute approximate surface area is 189 Å². The summed E-state index contributed by atoms with van der Waals surface area (Å²) in [5.41, 5.74) is 1.61. The molecule has 1 amide bonds. The van der Waals surface area contributed by atoms with Crippen LogP contribution in [0.4, 0.5) is 5.95 Å². The fraction of sp³-hybridized carbons (Fsp3) is 0.522. The van der Waals surface area contributed by atoms with Crippen LogP contribution in [0.3, 0.4) is 0 Å². The van der Waals surface area contributed by atoms with Crippen LogP contribution < -0.4 is 10.2 Å². The van der Waals surface area contributed by atoms with Gasteiger partial charge in [0, 0.05) is 51.9 Å². The molecule has 0 radical (unpaired) electrons. The van der Waals surface area contributed by atoms with Crippen molar-refractivity contribution in [1.82, 2.24) is 25.1 Å². The number of nitrogens with one attached hydrogen (secondary N) is 1. The summed E-state index contributed by atoms with van der Waals surface area (Å²) in [5, 5.41) is 3.29. The number of piperazine rings is 1. The Morgan fingerprint density at radius 3 is 2.71 bits per heavy atom. The molecule has 2 aliphatic heterocycles. The molecule has 7 nitrogen and oxygen atoms in total. The maximum Gasteiger partial charge on any atom is 0.271 e. The zero-order chi connectivity index (χ0) is 21.6. The molecule has 0 unspecified atom stereocenters. The van der Waals surface area contributed by atoms with Crippen molar-refractivity contribution in [2.75, 3.05) is 57.8 Å². The van der Waals surface area contributed by atoms with E-state index in [2.05, 4.69) is 67.4 Å². The van der Waals surface area contributed by atoms with E-state index in [9.17, 15) is 4.79 Å². The quantitative estimate of drug-likeness (QED) is 0.665. The van der Waals surface area contributed by atoms with Crippen molar-refractivity contribution in [3.63, 3.8) is 0 Å². The minimum atomic E-state index is -0.231. The molecule has 2 aromatic rings. The largest absolute Gasteiger partial charge is 0.351 e. The topological polar surface area (TPSA) is 64.6 Å². The van der Waals surface area contributed by atoms with Gasteiger partial charge in [-0.05, 0) is 31.9 Å². The number of likely N-dealkylation sites (N-methyl/N-ethyl adjacent to an activating group) is 1. The molecule has 0 saturated carbocycles. The van der Waals surface area contributed by atoms with Gasteiger partial charge in [0.15, 0.2) is 5.69 Å². The highest BCUT2D eigenvalue weighted by Crippen LogP contribution is 2.25. The lowest BCUT2D eigenvalue weighted by molar-refractivity contribution is 0.0864. The van der Waals surface area contributed by atoms with Crippen LogP contribution in [0, 0.1) is 0 Å². The van der Waals surface area contributed by atoms with Gasteiger partial charge in [-0.1, -0.05) is 41.9 Å². The van der Waals surface area contributed by atoms with Crippen molar-refractivity contribution in [2.45, 2.75) is 25.3 Å². The molecule has 4 rings (SSSR count). The highest BCUT2D eigenvalue weighted by Gasteiger charge is 2.26. The molecule has 1 N–H and O–H groups in total. The van der Waals surface area contributed by atoms with E-state index >= 15 is 0 Å². The van der Waals surface area contributed by atoms with Gasteiger partial charge in [0.1, 0.15) is 0 Å². The highest BCUT2D eigenvalue weighted by molar-refractivity contribution is 6.33. The van der Waals surface area contributed by atoms with Crippen molar-refractivity contribution < 1.29 is 4.79 Å². The van der Waals surface area contributed by atoms with Crippen LogP contribution in [0.1, 0.15) is 41.4 Å². The van der Waals surface area contributed by atoms with Crippen LogP contribution in [-0.2, 0) is 0 Å². The fourth-order valence-corrected chi connectivity index (χ4v) is 4.55. The lowest BCUT2D eigenvalue weighted by Gasteiger charge is -2.40. The van der Waals surface area contributed by atoms with Gasteiger partial charge in [-0.25, -0.2) is 9.97 Å². The average Bonchev–Trinajstić information content (AvgIpc) is 3.33. The Balaban J connectivity index is 1.31. The Hall–Kier alpha value is -2.22. The van der Waals surface area contributed by atoms with E-state index in [-0.39, 0.29) is 11.6 Å². The summed E-state index contributed by atoms with van der Waals surface area (Å²) in [6.45, 7) is 6.49. The van der Waals surface area contributed by atoms with Gasteiger partial charge in [-0.15, -0.1) is 0 Å². The second kappa shape index (κ2) is 10.4. The zero-order valence-corrected chi connectivity index (χ0v) is 18.9.